The number of carbonyl (C=O) groups excluding carboxylic acids is 1. The average molecular weight is 262 g/mol. The van der Waals surface area contributed by atoms with Crippen LogP contribution in [0.1, 0.15) is 6.92 Å². The summed E-state index contributed by atoms with van der Waals surface area (Å²) < 4.78 is 18.0. The highest BCUT2D eigenvalue weighted by Crippen LogP contribution is 2.19. The third-order valence-electron chi connectivity index (χ3n) is 1.44. The zero-order chi connectivity index (χ0) is 10.6. The molecule has 0 heterocycles. The summed E-state index contributed by atoms with van der Waals surface area (Å²) in [6.07, 6.45) is -0.589. The van der Waals surface area contributed by atoms with Gasteiger partial charge in [0.05, 0.1) is 11.1 Å². The number of anilines is 1. The summed E-state index contributed by atoms with van der Waals surface area (Å²) >= 11 is 3.01. The molecule has 0 spiro atoms. The maximum absolute atomic E-state index is 13.0. The number of hydrogen-bond donors (Lipinski definition) is 1. The summed E-state index contributed by atoms with van der Waals surface area (Å²) in [4.78, 5) is 10.9. The molecule has 0 bridgehead atoms. The number of amides is 1. The van der Waals surface area contributed by atoms with Crippen molar-refractivity contribution in [3.8, 4) is 0 Å². The van der Waals surface area contributed by atoms with Crippen molar-refractivity contribution < 1.29 is 13.9 Å². The third kappa shape index (κ3) is 2.99. The van der Waals surface area contributed by atoms with Crippen LogP contribution in [0.3, 0.4) is 0 Å². The van der Waals surface area contributed by atoms with E-state index in [1.54, 1.807) is 13.0 Å². The van der Waals surface area contributed by atoms with Crippen LogP contribution in [0.2, 0.25) is 0 Å². The van der Waals surface area contributed by atoms with Crippen molar-refractivity contribution >= 4 is 27.7 Å². The summed E-state index contributed by atoms with van der Waals surface area (Å²) in [6, 6.07) is 4.29. The third-order valence-corrected chi connectivity index (χ3v) is 2.08. The van der Waals surface area contributed by atoms with Crippen LogP contribution in [0.4, 0.5) is 14.9 Å². The maximum atomic E-state index is 13.0. The molecule has 1 amide bonds. The van der Waals surface area contributed by atoms with Gasteiger partial charge in [-0.15, -0.1) is 0 Å². The van der Waals surface area contributed by atoms with Crippen LogP contribution >= 0.6 is 15.9 Å². The van der Waals surface area contributed by atoms with E-state index in [4.69, 9.17) is 0 Å². The van der Waals surface area contributed by atoms with Gasteiger partial charge in [-0.25, -0.2) is 9.18 Å². The minimum atomic E-state index is -0.589. The van der Waals surface area contributed by atoms with Gasteiger partial charge in [-0.3, -0.25) is 5.32 Å². The fraction of sp³-hybridized carbons (Fsp3) is 0.222. The molecule has 3 nitrogen and oxygen atoms in total. The van der Waals surface area contributed by atoms with Crippen LogP contribution in [0, 0.1) is 5.82 Å². The van der Waals surface area contributed by atoms with E-state index in [-0.39, 0.29) is 6.61 Å². The van der Waals surface area contributed by atoms with Crippen molar-refractivity contribution in [2.75, 3.05) is 11.9 Å². The molecule has 1 aromatic rings. The van der Waals surface area contributed by atoms with E-state index in [0.717, 1.165) is 0 Å². The molecular weight excluding hydrogens is 253 g/mol. The summed E-state index contributed by atoms with van der Waals surface area (Å²) in [6.45, 7) is 1.98. The highest BCUT2D eigenvalue weighted by molar-refractivity contribution is 9.10. The molecule has 0 saturated heterocycles. The van der Waals surface area contributed by atoms with Gasteiger partial charge in [-0.05, 0) is 41.1 Å². The monoisotopic (exact) mass is 261 g/mol. The van der Waals surface area contributed by atoms with Gasteiger partial charge in [0.15, 0.2) is 0 Å². The van der Waals surface area contributed by atoms with Crippen LogP contribution in [0.25, 0.3) is 0 Å². The van der Waals surface area contributed by atoms with Crippen molar-refractivity contribution in [2.24, 2.45) is 0 Å². The highest BCUT2D eigenvalue weighted by Gasteiger charge is 2.04. The second-order valence-electron chi connectivity index (χ2n) is 2.47. The molecule has 0 aliphatic heterocycles. The lowest BCUT2D eigenvalue weighted by Gasteiger charge is -2.05. The molecular formula is C9H9BrFNO2. The van der Waals surface area contributed by atoms with Gasteiger partial charge >= 0.3 is 6.09 Å². The Morgan fingerprint density at radius 3 is 2.93 bits per heavy atom. The first-order chi connectivity index (χ1) is 6.63. The van der Waals surface area contributed by atoms with E-state index < -0.39 is 11.9 Å². The van der Waals surface area contributed by atoms with E-state index in [1.807, 2.05) is 0 Å². The number of carbonyl (C=O) groups is 1. The van der Waals surface area contributed by atoms with Gasteiger partial charge in [0.2, 0.25) is 0 Å². The molecule has 14 heavy (non-hydrogen) atoms. The SMILES string of the molecule is CCOC(=O)Nc1ccc(Br)c(F)c1. The molecule has 5 heteroatoms. The number of halogens is 2. The Kier molecular flexibility index (Phi) is 3.88. The smallest absolute Gasteiger partial charge is 0.411 e. The van der Waals surface area contributed by atoms with Crippen molar-refractivity contribution in [1.82, 2.24) is 0 Å². The van der Waals surface area contributed by atoms with Crippen LogP contribution in [0.5, 0.6) is 0 Å². The fourth-order valence-corrected chi connectivity index (χ4v) is 1.11. The second-order valence-corrected chi connectivity index (χ2v) is 3.33. The summed E-state index contributed by atoms with van der Waals surface area (Å²) in [5.41, 5.74) is 0.365. The predicted octanol–water partition coefficient (Wildman–Crippen LogP) is 3.16. The van der Waals surface area contributed by atoms with Gasteiger partial charge in [-0.1, -0.05) is 0 Å². The highest BCUT2D eigenvalue weighted by atomic mass is 79.9. The lowest BCUT2D eigenvalue weighted by atomic mass is 10.3. The Bertz CT molecular complexity index is 344. The van der Waals surface area contributed by atoms with Crippen molar-refractivity contribution in [3.63, 3.8) is 0 Å². The molecule has 76 valence electrons. The first-order valence-electron chi connectivity index (χ1n) is 4.02. The van der Waals surface area contributed by atoms with Gasteiger partial charge in [0, 0.05) is 5.69 Å². The molecule has 0 atom stereocenters. The minimum absolute atomic E-state index is 0.283. The van der Waals surface area contributed by atoms with Crippen LogP contribution in [0.15, 0.2) is 22.7 Å². The zero-order valence-corrected chi connectivity index (χ0v) is 9.10. The van der Waals surface area contributed by atoms with Crippen molar-refractivity contribution in [3.05, 3.63) is 28.5 Å². The first-order valence-corrected chi connectivity index (χ1v) is 4.81. The van der Waals surface area contributed by atoms with Crippen molar-refractivity contribution in [1.29, 1.82) is 0 Å². The number of nitrogens with one attached hydrogen (secondary N) is 1. The van der Waals surface area contributed by atoms with Gasteiger partial charge in [0.1, 0.15) is 5.82 Å². The number of benzene rings is 1. The molecule has 0 aliphatic rings. The number of ether oxygens (including phenoxy) is 1. The molecule has 0 fully saturated rings. The van der Waals surface area contributed by atoms with E-state index in [1.165, 1.54) is 12.1 Å². The van der Waals surface area contributed by atoms with Gasteiger partial charge < -0.3 is 4.74 Å². The normalized spacial score (nSPS) is 9.64. The van der Waals surface area contributed by atoms with Crippen LogP contribution in [-0.4, -0.2) is 12.7 Å². The first kappa shape index (κ1) is 11.0. The Morgan fingerprint density at radius 2 is 2.36 bits per heavy atom. The standard InChI is InChI=1S/C9H9BrFNO2/c1-2-14-9(13)12-6-3-4-7(10)8(11)5-6/h3-5H,2H2,1H3,(H,12,13). The lowest BCUT2D eigenvalue weighted by molar-refractivity contribution is 0.168. The van der Waals surface area contributed by atoms with Crippen LogP contribution < -0.4 is 5.32 Å². The Hall–Kier alpha value is -1.10. The molecule has 0 aromatic heterocycles. The second kappa shape index (κ2) is 4.95. The van der Waals surface area contributed by atoms with Gasteiger partial charge in [0.25, 0.3) is 0 Å². The van der Waals surface area contributed by atoms with Gasteiger partial charge in [-0.2, -0.15) is 0 Å². The molecule has 0 aliphatic carbocycles. The average Bonchev–Trinajstić information content (AvgIpc) is 2.12. The Balaban J connectivity index is 2.68. The molecule has 1 N–H and O–H groups in total. The topological polar surface area (TPSA) is 38.3 Å². The van der Waals surface area contributed by atoms with E-state index in [2.05, 4.69) is 26.0 Å². The Morgan fingerprint density at radius 1 is 1.64 bits per heavy atom. The minimum Gasteiger partial charge on any atom is -0.450 e. The number of rotatable bonds is 2. The molecule has 0 saturated carbocycles. The maximum Gasteiger partial charge on any atom is 0.411 e. The quantitative estimate of drug-likeness (QED) is 0.888. The lowest BCUT2D eigenvalue weighted by Crippen LogP contribution is -2.13. The van der Waals surface area contributed by atoms with E-state index in [0.29, 0.717) is 10.2 Å². The van der Waals surface area contributed by atoms with E-state index >= 15 is 0 Å². The molecule has 1 aromatic carbocycles. The number of hydrogen-bond acceptors (Lipinski definition) is 2. The summed E-state index contributed by atoms with van der Waals surface area (Å²) in [5.74, 6) is -0.431. The zero-order valence-electron chi connectivity index (χ0n) is 7.51. The summed E-state index contributed by atoms with van der Waals surface area (Å²) in [7, 11) is 0. The molecule has 1 rings (SSSR count). The molecule has 0 radical (unpaired) electrons. The van der Waals surface area contributed by atoms with Crippen LogP contribution in [-0.2, 0) is 4.74 Å². The summed E-state index contributed by atoms with van der Waals surface area (Å²) in [5, 5.41) is 2.39. The van der Waals surface area contributed by atoms with E-state index in [9.17, 15) is 9.18 Å². The molecule has 0 unspecified atom stereocenters. The fourth-order valence-electron chi connectivity index (χ4n) is 0.859. The Labute approximate surface area is 89.4 Å². The predicted molar refractivity (Wildman–Crippen MR) is 54.7 cm³/mol. The largest absolute Gasteiger partial charge is 0.450 e. The van der Waals surface area contributed by atoms with Crippen molar-refractivity contribution in [2.45, 2.75) is 6.92 Å².